The number of carbonyl (C=O) groups excluding carboxylic acids is 1. The zero-order valence-electron chi connectivity index (χ0n) is 15.0. The molecule has 2 unspecified atom stereocenters. The molecule has 1 amide bonds. The number of morpholine rings is 1. The van der Waals surface area contributed by atoms with Gasteiger partial charge >= 0.3 is 0 Å². The summed E-state index contributed by atoms with van der Waals surface area (Å²) in [4.78, 5) is 14.1. The van der Waals surface area contributed by atoms with Crippen LogP contribution >= 0.6 is 0 Å². The van der Waals surface area contributed by atoms with Crippen molar-refractivity contribution in [2.45, 2.75) is 26.1 Å². The first-order valence-electron chi connectivity index (χ1n) is 8.72. The Morgan fingerprint density at radius 3 is 2.15 bits per heavy atom. The number of amides is 1. The maximum absolute atomic E-state index is 12.3. The van der Waals surface area contributed by atoms with Crippen LogP contribution < -0.4 is 4.74 Å². The van der Waals surface area contributed by atoms with Gasteiger partial charge in [0.15, 0.2) is 6.61 Å². The van der Waals surface area contributed by atoms with Gasteiger partial charge in [-0.05, 0) is 49.2 Å². The lowest BCUT2D eigenvalue weighted by atomic mass is 10.0. The van der Waals surface area contributed by atoms with Gasteiger partial charge in [-0.15, -0.1) is 0 Å². The van der Waals surface area contributed by atoms with E-state index >= 15 is 0 Å². The summed E-state index contributed by atoms with van der Waals surface area (Å²) in [7, 11) is 0. The molecule has 134 valence electrons. The van der Waals surface area contributed by atoms with E-state index < -0.39 is 0 Å². The van der Waals surface area contributed by atoms with Crippen LogP contribution in [0, 0.1) is 11.3 Å². The molecule has 2 aromatic rings. The fourth-order valence-corrected chi connectivity index (χ4v) is 3.10. The molecule has 0 aliphatic carbocycles. The first-order chi connectivity index (χ1) is 12.5. The van der Waals surface area contributed by atoms with Crippen LogP contribution in [0.15, 0.2) is 48.5 Å². The molecule has 1 saturated heterocycles. The summed E-state index contributed by atoms with van der Waals surface area (Å²) in [6, 6.07) is 17.1. The second kappa shape index (κ2) is 8.03. The summed E-state index contributed by atoms with van der Waals surface area (Å²) in [5, 5.41) is 8.86. The van der Waals surface area contributed by atoms with Gasteiger partial charge < -0.3 is 14.4 Å². The lowest BCUT2D eigenvalue weighted by Crippen LogP contribution is -2.49. The first kappa shape index (κ1) is 18.0. The molecule has 0 N–H and O–H groups in total. The van der Waals surface area contributed by atoms with Crippen LogP contribution in [0.2, 0.25) is 0 Å². The second-order valence-corrected chi connectivity index (χ2v) is 6.56. The van der Waals surface area contributed by atoms with Crippen LogP contribution in [-0.2, 0) is 9.53 Å². The Morgan fingerprint density at radius 1 is 1.08 bits per heavy atom. The average molecular weight is 350 g/mol. The number of ether oxygens (including phenoxy) is 2. The van der Waals surface area contributed by atoms with Crippen molar-refractivity contribution < 1.29 is 14.3 Å². The first-order valence-corrected chi connectivity index (χ1v) is 8.72. The van der Waals surface area contributed by atoms with E-state index in [2.05, 4.69) is 6.07 Å². The number of hydrogen-bond acceptors (Lipinski definition) is 4. The van der Waals surface area contributed by atoms with Gasteiger partial charge in [-0.1, -0.05) is 24.3 Å². The summed E-state index contributed by atoms with van der Waals surface area (Å²) >= 11 is 0. The molecule has 3 rings (SSSR count). The molecule has 26 heavy (non-hydrogen) atoms. The van der Waals surface area contributed by atoms with Gasteiger partial charge in [0.1, 0.15) is 5.75 Å². The predicted octanol–water partition coefficient (Wildman–Crippen LogP) is 3.24. The van der Waals surface area contributed by atoms with E-state index in [1.807, 2.05) is 50.2 Å². The van der Waals surface area contributed by atoms with Crippen LogP contribution in [0.4, 0.5) is 0 Å². The number of rotatable bonds is 4. The maximum Gasteiger partial charge on any atom is 0.260 e. The topological polar surface area (TPSA) is 62.6 Å². The van der Waals surface area contributed by atoms with Crippen molar-refractivity contribution in [3.05, 3.63) is 54.1 Å². The molecule has 5 heteroatoms. The Labute approximate surface area is 153 Å². The van der Waals surface area contributed by atoms with Crippen LogP contribution in [0.1, 0.15) is 19.4 Å². The van der Waals surface area contributed by atoms with Gasteiger partial charge in [0, 0.05) is 13.1 Å². The summed E-state index contributed by atoms with van der Waals surface area (Å²) in [5.74, 6) is 0.633. The molecule has 0 bridgehead atoms. The third-order valence-electron chi connectivity index (χ3n) is 4.34. The largest absolute Gasteiger partial charge is 0.484 e. The molecular weight excluding hydrogens is 328 g/mol. The predicted molar refractivity (Wildman–Crippen MR) is 98.7 cm³/mol. The Kier molecular flexibility index (Phi) is 5.55. The van der Waals surface area contributed by atoms with E-state index in [1.165, 1.54) is 0 Å². The number of nitriles is 1. The average Bonchev–Trinajstić information content (AvgIpc) is 2.66. The molecule has 0 spiro atoms. The summed E-state index contributed by atoms with van der Waals surface area (Å²) in [5.41, 5.74) is 2.70. The molecule has 1 aliphatic rings. The van der Waals surface area contributed by atoms with E-state index in [-0.39, 0.29) is 24.7 Å². The SMILES string of the molecule is CC1CN(C(=O)COc2ccc(-c3ccc(C#N)cc3)cc2)CC(C)O1. The quantitative estimate of drug-likeness (QED) is 0.849. The van der Waals surface area contributed by atoms with Crippen LogP contribution in [0.5, 0.6) is 5.75 Å². The standard InChI is InChI=1S/C21H22N2O3/c1-15-12-23(13-16(2)26-15)21(24)14-25-20-9-7-19(8-10-20)18-5-3-17(11-22)4-6-18/h3-10,15-16H,12-14H2,1-2H3. The third-order valence-corrected chi connectivity index (χ3v) is 4.34. The van der Waals surface area contributed by atoms with E-state index in [0.717, 1.165) is 11.1 Å². The Bertz CT molecular complexity index is 784. The molecule has 2 atom stereocenters. The summed E-state index contributed by atoms with van der Waals surface area (Å²) in [6.45, 7) is 5.17. The van der Waals surface area contributed by atoms with Crippen molar-refractivity contribution >= 4 is 5.91 Å². The summed E-state index contributed by atoms with van der Waals surface area (Å²) in [6.07, 6.45) is 0.101. The minimum atomic E-state index is -0.0248. The van der Waals surface area contributed by atoms with Gasteiger partial charge in [-0.2, -0.15) is 5.26 Å². The number of nitrogens with zero attached hydrogens (tertiary/aromatic N) is 2. The van der Waals surface area contributed by atoms with Gasteiger partial charge in [-0.25, -0.2) is 0 Å². The molecule has 1 fully saturated rings. The highest BCUT2D eigenvalue weighted by Gasteiger charge is 2.25. The van der Waals surface area contributed by atoms with Gasteiger partial charge in [0.2, 0.25) is 0 Å². The highest BCUT2D eigenvalue weighted by atomic mass is 16.5. The monoisotopic (exact) mass is 350 g/mol. The summed E-state index contributed by atoms with van der Waals surface area (Å²) < 4.78 is 11.3. The zero-order chi connectivity index (χ0) is 18.5. The molecule has 0 radical (unpaired) electrons. The normalized spacial score (nSPS) is 19.7. The zero-order valence-corrected chi connectivity index (χ0v) is 15.0. The highest BCUT2D eigenvalue weighted by Crippen LogP contribution is 2.23. The van der Waals surface area contributed by atoms with E-state index in [0.29, 0.717) is 24.4 Å². The minimum Gasteiger partial charge on any atom is -0.484 e. The van der Waals surface area contributed by atoms with Crippen LogP contribution in [0.25, 0.3) is 11.1 Å². The Morgan fingerprint density at radius 2 is 1.62 bits per heavy atom. The fourth-order valence-electron chi connectivity index (χ4n) is 3.10. The van der Waals surface area contributed by atoms with Crippen molar-refractivity contribution in [2.24, 2.45) is 0 Å². The van der Waals surface area contributed by atoms with Crippen LogP contribution in [0.3, 0.4) is 0 Å². The second-order valence-electron chi connectivity index (χ2n) is 6.56. The van der Waals surface area contributed by atoms with E-state index in [1.54, 1.807) is 17.0 Å². The molecule has 1 aliphatic heterocycles. The van der Waals surface area contributed by atoms with Gasteiger partial charge in [0.25, 0.3) is 5.91 Å². The fraction of sp³-hybridized carbons (Fsp3) is 0.333. The maximum atomic E-state index is 12.3. The van der Waals surface area contributed by atoms with Crippen molar-refractivity contribution in [2.75, 3.05) is 19.7 Å². The molecule has 0 saturated carbocycles. The highest BCUT2D eigenvalue weighted by molar-refractivity contribution is 5.78. The van der Waals surface area contributed by atoms with Crippen molar-refractivity contribution in [1.29, 1.82) is 5.26 Å². The van der Waals surface area contributed by atoms with Gasteiger partial charge in [0.05, 0.1) is 23.8 Å². The van der Waals surface area contributed by atoms with Crippen molar-refractivity contribution in [3.8, 4) is 22.9 Å². The van der Waals surface area contributed by atoms with E-state index in [4.69, 9.17) is 14.7 Å². The molecule has 0 aromatic heterocycles. The lowest BCUT2D eigenvalue weighted by molar-refractivity contribution is -0.145. The number of benzene rings is 2. The number of hydrogen-bond donors (Lipinski definition) is 0. The molecule has 1 heterocycles. The van der Waals surface area contributed by atoms with Crippen molar-refractivity contribution in [1.82, 2.24) is 4.90 Å². The number of carbonyl (C=O) groups is 1. The third kappa shape index (κ3) is 4.41. The lowest BCUT2D eigenvalue weighted by Gasteiger charge is -2.35. The smallest absolute Gasteiger partial charge is 0.260 e. The van der Waals surface area contributed by atoms with E-state index in [9.17, 15) is 4.79 Å². The van der Waals surface area contributed by atoms with Gasteiger partial charge in [-0.3, -0.25) is 4.79 Å². The Balaban J connectivity index is 1.57. The molecule has 5 nitrogen and oxygen atoms in total. The Hall–Kier alpha value is -2.84. The minimum absolute atomic E-state index is 0.0235. The molecule has 2 aromatic carbocycles. The van der Waals surface area contributed by atoms with Crippen molar-refractivity contribution in [3.63, 3.8) is 0 Å². The van der Waals surface area contributed by atoms with Crippen LogP contribution in [-0.4, -0.2) is 42.7 Å². The molecular formula is C21H22N2O3.